The number of nitrogens with zero attached hydrogens (tertiary/aromatic N) is 1. The minimum Gasteiger partial charge on any atom is -0.507 e. The van der Waals surface area contributed by atoms with Gasteiger partial charge in [-0.3, -0.25) is 9.59 Å². The van der Waals surface area contributed by atoms with Crippen molar-refractivity contribution >= 4 is 17.4 Å². The van der Waals surface area contributed by atoms with Gasteiger partial charge in [-0.05, 0) is 61.4 Å². The van der Waals surface area contributed by atoms with E-state index in [4.69, 9.17) is 14.2 Å². The van der Waals surface area contributed by atoms with Crippen LogP contribution in [0.4, 0.5) is 0 Å². The van der Waals surface area contributed by atoms with Gasteiger partial charge in [-0.2, -0.15) is 0 Å². The smallest absolute Gasteiger partial charge is 0.295 e. The maximum absolute atomic E-state index is 13.4. The van der Waals surface area contributed by atoms with Gasteiger partial charge in [-0.15, -0.1) is 0 Å². The van der Waals surface area contributed by atoms with Crippen molar-refractivity contribution in [3.63, 3.8) is 0 Å². The van der Waals surface area contributed by atoms with E-state index in [0.29, 0.717) is 35.0 Å². The maximum Gasteiger partial charge on any atom is 0.295 e. The molecule has 0 aromatic heterocycles. The molecule has 186 valence electrons. The van der Waals surface area contributed by atoms with Crippen molar-refractivity contribution in [3.05, 3.63) is 94.6 Å². The molecule has 0 bridgehead atoms. The molecule has 3 aromatic rings. The lowest BCUT2D eigenvalue weighted by Crippen LogP contribution is -2.29. The van der Waals surface area contributed by atoms with Crippen molar-refractivity contribution in [3.8, 4) is 17.2 Å². The number of methoxy groups -OCH3 is 2. The number of Topliss-reactive ketones (excluding diaryl/α,β-unsaturated/α-hetero) is 1. The molecular weight excluding hydrogens is 458 g/mol. The van der Waals surface area contributed by atoms with Crippen molar-refractivity contribution in [2.75, 3.05) is 20.8 Å². The fraction of sp³-hybridized carbons (Fsp3) is 0.241. The quantitative estimate of drug-likeness (QED) is 0.272. The van der Waals surface area contributed by atoms with E-state index in [1.807, 2.05) is 44.2 Å². The number of benzene rings is 3. The lowest BCUT2D eigenvalue weighted by molar-refractivity contribution is -0.140. The average molecular weight is 488 g/mol. The van der Waals surface area contributed by atoms with E-state index in [1.54, 1.807) is 50.6 Å². The highest BCUT2D eigenvalue weighted by atomic mass is 16.5. The standard InChI is InChI=1S/C29H29NO6/c1-5-36-22-11-8-10-19(16-22)26-25(27(31)20-13-14-23(34-3)18(2)15-20)28(32)29(33)30(26)17-21-9-6-7-12-24(21)35-4/h6-16,26,31H,5,17H2,1-4H3/b27-25+. The van der Waals surface area contributed by atoms with Gasteiger partial charge in [0.05, 0.1) is 39.0 Å². The zero-order valence-electron chi connectivity index (χ0n) is 20.8. The third-order valence-corrected chi connectivity index (χ3v) is 6.23. The Labute approximate surface area is 210 Å². The molecule has 7 heteroatoms. The molecule has 1 amide bonds. The first-order chi connectivity index (χ1) is 17.4. The summed E-state index contributed by atoms with van der Waals surface area (Å²) in [6, 6.07) is 18.9. The highest BCUT2D eigenvalue weighted by molar-refractivity contribution is 6.46. The number of aliphatic hydroxyl groups is 1. The normalized spacial score (nSPS) is 16.8. The first kappa shape index (κ1) is 24.9. The van der Waals surface area contributed by atoms with Crippen molar-refractivity contribution in [1.29, 1.82) is 0 Å². The van der Waals surface area contributed by atoms with Crippen LogP contribution in [-0.2, 0) is 16.1 Å². The SMILES string of the molecule is CCOc1cccc(C2/C(=C(\O)c3ccc(OC)c(C)c3)C(=O)C(=O)N2Cc2ccccc2OC)c1. The van der Waals surface area contributed by atoms with Gasteiger partial charge in [0.1, 0.15) is 23.0 Å². The van der Waals surface area contributed by atoms with Gasteiger partial charge in [0.15, 0.2) is 0 Å². The predicted molar refractivity (Wildman–Crippen MR) is 136 cm³/mol. The number of aryl methyl sites for hydroxylation is 1. The number of hydrogen-bond acceptors (Lipinski definition) is 6. The van der Waals surface area contributed by atoms with Gasteiger partial charge in [0, 0.05) is 11.1 Å². The monoisotopic (exact) mass is 487 g/mol. The predicted octanol–water partition coefficient (Wildman–Crippen LogP) is 5.03. The fourth-order valence-electron chi connectivity index (χ4n) is 4.53. The Morgan fingerprint density at radius 1 is 0.944 bits per heavy atom. The summed E-state index contributed by atoms with van der Waals surface area (Å²) < 4.78 is 16.5. The molecule has 1 atom stereocenters. The number of rotatable bonds is 8. The molecule has 0 spiro atoms. The second-order valence-corrected chi connectivity index (χ2v) is 8.43. The fourth-order valence-corrected chi connectivity index (χ4v) is 4.53. The number of aliphatic hydroxyl groups excluding tert-OH is 1. The van der Waals surface area contributed by atoms with Crippen LogP contribution in [0.25, 0.3) is 5.76 Å². The first-order valence-corrected chi connectivity index (χ1v) is 11.7. The van der Waals surface area contributed by atoms with E-state index in [0.717, 1.165) is 11.1 Å². The third kappa shape index (κ3) is 4.64. The number of carbonyl (C=O) groups excluding carboxylic acids is 2. The van der Waals surface area contributed by atoms with Crippen LogP contribution >= 0.6 is 0 Å². The van der Waals surface area contributed by atoms with E-state index < -0.39 is 17.7 Å². The summed E-state index contributed by atoms with van der Waals surface area (Å²) >= 11 is 0. The Bertz CT molecular complexity index is 1330. The second kappa shape index (κ2) is 10.6. The molecule has 4 rings (SSSR count). The van der Waals surface area contributed by atoms with E-state index in [9.17, 15) is 14.7 Å². The van der Waals surface area contributed by atoms with Crippen molar-refractivity contribution < 1.29 is 28.9 Å². The molecule has 1 unspecified atom stereocenters. The Kier molecular flexibility index (Phi) is 7.29. The van der Waals surface area contributed by atoms with Crippen LogP contribution in [0, 0.1) is 6.92 Å². The highest BCUT2D eigenvalue weighted by Crippen LogP contribution is 2.42. The van der Waals surface area contributed by atoms with Gasteiger partial charge < -0.3 is 24.2 Å². The molecule has 3 aromatic carbocycles. The summed E-state index contributed by atoms with van der Waals surface area (Å²) in [6.45, 7) is 4.32. The summed E-state index contributed by atoms with van der Waals surface area (Å²) in [5, 5.41) is 11.4. The molecule has 1 fully saturated rings. The van der Waals surface area contributed by atoms with Crippen LogP contribution in [0.15, 0.2) is 72.3 Å². The van der Waals surface area contributed by atoms with Gasteiger partial charge in [-0.1, -0.05) is 30.3 Å². The average Bonchev–Trinajstić information content (AvgIpc) is 3.14. The minimum atomic E-state index is -0.822. The van der Waals surface area contributed by atoms with Gasteiger partial charge in [0.2, 0.25) is 0 Å². The third-order valence-electron chi connectivity index (χ3n) is 6.23. The summed E-state index contributed by atoms with van der Waals surface area (Å²) in [6.07, 6.45) is 0. The number of para-hydroxylation sites is 1. The molecule has 7 nitrogen and oxygen atoms in total. The van der Waals surface area contributed by atoms with Crippen LogP contribution in [0.5, 0.6) is 17.2 Å². The molecular formula is C29H29NO6. The number of carbonyl (C=O) groups is 2. The zero-order valence-corrected chi connectivity index (χ0v) is 20.8. The molecule has 1 saturated heterocycles. The summed E-state index contributed by atoms with van der Waals surface area (Å²) in [4.78, 5) is 28.2. The van der Waals surface area contributed by atoms with Crippen LogP contribution < -0.4 is 14.2 Å². The first-order valence-electron chi connectivity index (χ1n) is 11.7. The number of ketones is 1. The van der Waals surface area contributed by atoms with Crippen LogP contribution in [0.2, 0.25) is 0 Å². The van der Waals surface area contributed by atoms with Crippen LogP contribution in [0.1, 0.15) is 35.2 Å². The summed E-state index contributed by atoms with van der Waals surface area (Å²) in [5.41, 5.74) is 2.64. The van der Waals surface area contributed by atoms with Crippen LogP contribution in [0.3, 0.4) is 0 Å². The van der Waals surface area contributed by atoms with Gasteiger partial charge >= 0.3 is 0 Å². The number of amides is 1. The summed E-state index contributed by atoms with van der Waals surface area (Å²) in [7, 11) is 3.12. The van der Waals surface area contributed by atoms with Gasteiger partial charge in [-0.25, -0.2) is 0 Å². The van der Waals surface area contributed by atoms with E-state index in [1.165, 1.54) is 4.90 Å². The second-order valence-electron chi connectivity index (χ2n) is 8.43. The maximum atomic E-state index is 13.4. The largest absolute Gasteiger partial charge is 0.507 e. The Balaban J connectivity index is 1.88. The molecule has 1 N–H and O–H groups in total. The minimum absolute atomic E-state index is 0.0214. The summed E-state index contributed by atoms with van der Waals surface area (Å²) in [5.74, 6) is 0.185. The van der Waals surface area contributed by atoms with E-state index in [-0.39, 0.29) is 17.9 Å². The number of likely N-dealkylation sites (tertiary alicyclic amines) is 1. The Hall–Kier alpha value is -4.26. The molecule has 0 aliphatic carbocycles. The molecule has 1 aliphatic heterocycles. The Morgan fingerprint density at radius 2 is 1.69 bits per heavy atom. The van der Waals surface area contributed by atoms with Crippen molar-refractivity contribution in [2.24, 2.45) is 0 Å². The van der Waals surface area contributed by atoms with Crippen molar-refractivity contribution in [1.82, 2.24) is 4.90 Å². The number of hydrogen-bond donors (Lipinski definition) is 1. The van der Waals surface area contributed by atoms with Crippen molar-refractivity contribution in [2.45, 2.75) is 26.4 Å². The Morgan fingerprint density at radius 3 is 2.39 bits per heavy atom. The molecule has 1 aliphatic rings. The molecule has 0 radical (unpaired) electrons. The lowest BCUT2D eigenvalue weighted by atomic mass is 9.94. The molecule has 36 heavy (non-hydrogen) atoms. The zero-order chi connectivity index (χ0) is 25.8. The van der Waals surface area contributed by atoms with E-state index >= 15 is 0 Å². The lowest BCUT2D eigenvalue weighted by Gasteiger charge is -2.26. The number of ether oxygens (including phenoxy) is 3. The van der Waals surface area contributed by atoms with E-state index in [2.05, 4.69) is 0 Å². The molecule has 1 heterocycles. The topological polar surface area (TPSA) is 85.3 Å². The highest BCUT2D eigenvalue weighted by Gasteiger charge is 2.46. The molecule has 0 saturated carbocycles. The van der Waals surface area contributed by atoms with Crippen LogP contribution in [-0.4, -0.2) is 42.5 Å². The van der Waals surface area contributed by atoms with Gasteiger partial charge in [0.25, 0.3) is 11.7 Å².